The largest absolute Gasteiger partial charge is 0.507 e. The second-order valence-electron chi connectivity index (χ2n) is 9.30. The fourth-order valence-corrected chi connectivity index (χ4v) is 5.98. The molecule has 2 aliphatic carbocycles. The first-order valence-electron chi connectivity index (χ1n) is 11.0. The van der Waals surface area contributed by atoms with Crippen molar-refractivity contribution in [1.82, 2.24) is 0 Å². The molecule has 3 aliphatic rings. The molecule has 6 rings (SSSR count). The molecule has 0 radical (unpaired) electrons. The van der Waals surface area contributed by atoms with Crippen molar-refractivity contribution in [2.75, 3.05) is 5.32 Å². The van der Waals surface area contributed by atoms with Crippen molar-refractivity contribution < 1.29 is 40.2 Å². The summed E-state index contributed by atoms with van der Waals surface area (Å²) >= 11 is 0. The number of carbonyl (C=O) groups excluding carboxylic acids is 2. The number of aromatic hydroxyl groups is 2. The molecule has 7 N–H and O–H groups in total. The monoisotopic (exact) mass is 475 g/mol. The third kappa shape index (κ3) is 2.31. The van der Waals surface area contributed by atoms with Crippen LogP contribution in [0.15, 0.2) is 48.5 Å². The van der Waals surface area contributed by atoms with E-state index in [4.69, 9.17) is 0 Å². The summed E-state index contributed by atoms with van der Waals surface area (Å²) in [6.07, 6.45) is -3.34. The van der Waals surface area contributed by atoms with Crippen LogP contribution in [0.2, 0.25) is 0 Å². The zero-order valence-corrected chi connectivity index (χ0v) is 18.4. The normalized spacial score (nSPS) is 28.8. The number of benzene rings is 3. The van der Waals surface area contributed by atoms with E-state index in [1.165, 1.54) is 25.1 Å². The molecule has 2 bridgehead atoms. The highest BCUT2D eigenvalue weighted by atomic mass is 16.4. The van der Waals surface area contributed by atoms with Crippen LogP contribution < -0.4 is 5.32 Å². The Morgan fingerprint density at radius 3 is 2.26 bits per heavy atom. The lowest BCUT2D eigenvalue weighted by molar-refractivity contribution is -0.263. The summed E-state index contributed by atoms with van der Waals surface area (Å²) in [6.45, 7) is 1.26. The van der Waals surface area contributed by atoms with Gasteiger partial charge in [0.05, 0.1) is 34.5 Å². The lowest BCUT2D eigenvalue weighted by atomic mass is 9.57. The molecular formula is C26H21NO8. The van der Waals surface area contributed by atoms with Gasteiger partial charge in [-0.2, -0.15) is 0 Å². The molecule has 0 fully saturated rings. The van der Waals surface area contributed by atoms with Gasteiger partial charge in [0.25, 0.3) is 0 Å². The predicted octanol–water partition coefficient (Wildman–Crippen LogP) is 1.39. The number of aliphatic hydroxyl groups is 4. The van der Waals surface area contributed by atoms with Gasteiger partial charge in [-0.25, -0.2) is 0 Å². The third-order valence-corrected chi connectivity index (χ3v) is 7.66. The topological polar surface area (TPSA) is 168 Å². The number of ketones is 2. The van der Waals surface area contributed by atoms with Crippen LogP contribution >= 0.6 is 0 Å². The molecular weight excluding hydrogens is 454 g/mol. The molecule has 0 saturated carbocycles. The molecule has 1 heterocycles. The summed E-state index contributed by atoms with van der Waals surface area (Å²) < 4.78 is 0. The van der Waals surface area contributed by atoms with Gasteiger partial charge in [-0.3, -0.25) is 9.59 Å². The molecule has 1 aliphatic heterocycles. The lowest BCUT2D eigenvalue weighted by Gasteiger charge is -2.59. The molecule has 3 aromatic rings. The zero-order chi connectivity index (χ0) is 25.0. The Labute approximate surface area is 198 Å². The summed E-state index contributed by atoms with van der Waals surface area (Å²) in [6, 6.07) is 10.3. The zero-order valence-electron chi connectivity index (χ0n) is 18.4. The van der Waals surface area contributed by atoms with E-state index < -0.39 is 52.5 Å². The number of nitrogens with one attached hydrogen (secondary N) is 1. The Bertz CT molecular complexity index is 1480. The minimum Gasteiger partial charge on any atom is -0.507 e. The molecule has 0 saturated heterocycles. The van der Waals surface area contributed by atoms with Crippen LogP contribution in [-0.4, -0.2) is 53.9 Å². The fourth-order valence-electron chi connectivity index (χ4n) is 5.98. The number of hydrogen-bond donors (Lipinski definition) is 7. The van der Waals surface area contributed by atoms with Crippen LogP contribution in [0.4, 0.5) is 5.69 Å². The van der Waals surface area contributed by atoms with E-state index in [-0.39, 0.29) is 39.1 Å². The molecule has 5 atom stereocenters. The van der Waals surface area contributed by atoms with E-state index in [1.807, 2.05) is 0 Å². The maximum atomic E-state index is 13.6. The summed E-state index contributed by atoms with van der Waals surface area (Å²) in [5.74, 6) is -2.57. The van der Waals surface area contributed by atoms with Gasteiger partial charge in [0.1, 0.15) is 23.2 Å². The van der Waals surface area contributed by atoms with E-state index in [0.29, 0.717) is 5.56 Å². The molecule has 0 amide bonds. The standard InChI is InChI=1S/C26H21NO8/c1-10(28)25(34)23-11-5-2-3-6-12(11)24(33)26(25,35)14-9-16(30)18-19(20(14)27-23)22(32)17-13(21(18)31)7-4-8-15(17)29/h2-10,23-24,27-30,33-35H,1H3. The van der Waals surface area contributed by atoms with Crippen molar-refractivity contribution in [2.45, 2.75) is 36.4 Å². The van der Waals surface area contributed by atoms with Crippen molar-refractivity contribution in [3.8, 4) is 11.5 Å². The van der Waals surface area contributed by atoms with Gasteiger partial charge < -0.3 is 36.0 Å². The van der Waals surface area contributed by atoms with Crippen LogP contribution in [0, 0.1) is 0 Å². The van der Waals surface area contributed by atoms with Crippen LogP contribution in [-0.2, 0) is 5.60 Å². The Balaban J connectivity index is 1.72. The van der Waals surface area contributed by atoms with Crippen molar-refractivity contribution in [1.29, 1.82) is 0 Å². The third-order valence-electron chi connectivity index (χ3n) is 7.66. The average Bonchev–Trinajstić information content (AvgIpc) is 2.83. The molecule has 0 aromatic heterocycles. The minimum atomic E-state index is -2.59. The summed E-state index contributed by atoms with van der Waals surface area (Å²) in [5.41, 5.74) is -5.65. The molecule has 5 unspecified atom stereocenters. The number of carbonyl (C=O) groups is 2. The van der Waals surface area contributed by atoms with E-state index in [1.54, 1.807) is 24.3 Å². The van der Waals surface area contributed by atoms with E-state index in [9.17, 15) is 40.2 Å². The number of phenolic OH excluding ortho intramolecular Hbond substituents is 2. The number of rotatable bonds is 1. The van der Waals surface area contributed by atoms with Gasteiger partial charge >= 0.3 is 0 Å². The van der Waals surface area contributed by atoms with E-state index in [2.05, 4.69) is 5.32 Å². The molecule has 3 aromatic carbocycles. The summed E-state index contributed by atoms with van der Waals surface area (Å²) in [4.78, 5) is 26.9. The number of hydrogen-bond acceptors (Lipinski definition) is 9. The SMILES string of the molecule is CC(O)C1(O)C2Nc3c(cc(O)c4c3C(=O)c3c(O)cccc3C4=O)C1(O)C(O)c1ccccc12. The van der Waals surface area contributed by atoms with Gasteiger partial charge in [0.2, 0.25) is 0 Å². The van der Waals surface area contributed by atoms with Crippen LogP contribution in [0.3, 0.4) is 0 Å². The Morgan fingerprint density at radius 2 is 1.57 bits per heavy atom. The van der Waals surface area contributed by atoms with Crippen LogP contribution in [0.1, 0.15) is 67.6 Å². The second-order valence-corrected chi connectivity index (χ2v) is 9.30. The first kappa shape index (κ1) is 21.8. The van der Waals surface area contributed by atoms with Crippen molar-refractivity contribution in [2.24, 2.45) is 0 Å². The Hall–Kier alpha value is -3.76. The molecule has 9 nitrogen and oxygen atoms in total. The van der Waals surface area contributed by atoms with Gasteiger partial charge in [-0.15, -0.1) is 0 Å². The molecule has 178 valence electrons. The van der Waals surface area contributed by atoms with Gasteiger partial charge in [-0.05, 0) is 30.2 Å². The van der Waals surface area contributed by atoms with Crippen molar-refractivity contribution >= 4 is 17.3 Å². The predicted molar refractivity (Wildman–Crippen MR) is 121 cm³/mol. The van der Waals surface area contributed by atoms with E-state index >= 15 is 0 Å². The Kier molecular flexibility index (Phi) is 4.15. The molecule has 35 heavy (non-hydrogen) atoms. The molecule has 9 heteroatoms. The van der Waals surface area contributed by atoms with Gasteiger partial charge in [0, 0.05) is 11.1 Å². The quantitative estimate of drug-likeness (QED) is 0.201. The summed E-state index contributed by atoms with van der Waals surface area (Å²) in [5, 5.41) is 70.1. The van der Waals surface area contributed by atoms with Gasteiger partial charge in [-0.1, -0.05) is 36.4 Å². The van der Waals surface area contributed by atoms with Crippen molar-refractivity contribution in [3.63, 3.8) is 0 Å². The number of aliphatic hydroxyl groups excluding tert-OH is 2. The highest BCUT2D eigenvalue weighted by Crippen LogP contribution is 2.62. The maximum absolute atomic E-state index is 13.6. The van der Waals surface area contributed by atoms with Gasteiger partial charge in [0.15, 0.2) is 17.2 Å². The average molecular weight is 475 g/mol. The highest BCUT2D eigenvalue weighted by Gasteiger charge is 2.69. The number of fused-ring (bicyclic) bond motifs is 9. The smallest absolute Gasteiger partial charge is 0.200 e. The van der Waals surface area contributed by atoms with E-state index in [0.717, 1.165) is 6.07 Å². The van der Waals surface area contributed by atoms with Crippen molar-refractivity contribution in [3.05, 3.63) is 87.5 Å². The Morgan fingerprint density at radius 1 is 0.886 bits per heavy atom. The maximum Gasteiger partial charge on any atom is 0.200 e. The molecule has 0 spiro atoms. The summed E-state index contributed by atoms with van der Waals surface area (Å²) in [7, 11) is 0. The lowest BCUT2D eigenvalue weighted by Crippen LogP contribution is -2.70. The number of anilines is 1. The first-order chi connectivity index (χ1) is 16.5. The second kappa shape index (κ2) is 6.67. The van der Waals surface area contributed by atoms with Crippen LogP contribution in [0.5, 0.6) is 11.5 Å². The fraction of sp³-hybridized carbons (Fsp3) is 0.231. The minimum absolute atomic E-state index is 0.0849. The van der Waals surface area contributed by atoms with Crippen LogP contribution in [0.25, 0.3) is 0 Å². The first-order valence-corrected chi connectivity index (χ1v) is 11.0. The highest BCUT2D eigenvalue weighted by molar-refractivity contribution is 6.32. The number of phenols is 2.